The lowest BCUT2D eigenvalue weighted by atomic mass is 10.0. The van der Waals surface area contributed by atoms with Gasteiger partial charge in [-0.3, -0.25) is 0 Å². The van der Waals surface area contributed by atoms with E-state index in [-0.39, 0.29) is 5.03 Å². The molecule has 0 aliphatic heterocycles. The quantitative estimate of drug-likeness (QED) is 0.898. The van der Waals surface area contributed by atoms with Gasteiger partial charge in [-0.25, -0.2) is 0 Å². The molecule has 1 aromatic rings. The molecule has 0 aliphatic carbocycles. The van der Waals surface area contributed by atoms with Gasteiger partial charge in [0, 0.05) is 5.02 Å². The second kappa shape index (κ2) is 5.09. The Bertz CT molecular complexity index is 388. The van der Waals surface area contributed by atoms with Crippen molar-refractivity contribution in [2.75, 3.05) is 0 Å². The molecule has 0 aliphatic rings. The van der Waals surface area contributed by atoms with Gasteiger partial charge in [-0.2, -0.15) is 0 Å². The summed E-state index contributed by atoms with van der Waals surface area (Å²) < 4.78 is 5.59. The molecule has 16 heavy (non-hydrogen) atoms. The van der Waals surface area contributed by atoms with E-state index in [0.717, 1.165) is 0 Å². The van der Waals surface area contributed by atoms with Gasteiger partial charge in [-0.05, 0) is 38.6 Å². The van der Waals surface area contributed by atoms with E-state index in [1.54, 1.807) is 38.1 Å². The zero-order chi connectivity index (χ0) is 12.3. The maximum atomic E-state index is 9.73. The summed E-state index contributed by atoms with van der Waals surface area (Å²) in [5, 5.41) is 10.2. The van der Waals surface area contributed by atoms with E-state index in [2.05, 4.69) is 0 Å². The van der Waals surface area contributed by atoms with Crippen molar-refractivity contribution >= 4 is 23.2 Å². The number of benzene rings is 1. The van der Waals surface area contributed by atoms with Gasteiger partial charge in [0.2, 0.25) is 0 Å². The SMILES string of the molecule is [CH]=C(Cl)C(O)C(C)(C)Oc1cccc(Cl)c1. The summed E-state index contributed by atoms with van der Waals surface area (Å²) in [5.41, 5.74) is -0.920. The summed E-state index contributed by atoms with van der Waals surface area (Å²) >= 11 is 11.4. The number of aliphatic hydroxyl groups is 1. The molecule has 87 valence electrons. The Morgan fingerprint density at radius 1 is 1.50 bits per heavy atom. The number of hydrogen-bond donors (Lipinski definition) is 1. The molecule has 0 saturated heterocycles. The van der Waals surface area contributed by atoms with Crippen molar-refractivity contribution in [2.24, 2.45) is 0 Å². The highest BCUT2D eigenvalue weighted by molar-refractivity contribution is 6.30. The summed E-state index contributed by atoms with van der Waals surface area (Å²) in [7, 11) is 0. The van der Waals surface area contributed by atoms with Crippen LogP contribution in [0.25, 0.3) is 0 Å². The van der Waals surface area contributed by atoms with Crippen molar-refractivity contribution in [3.63, 3.8) is 0 Å². The summed E-state index contributed by atoms with van der Waals surface area (Å²) in [5.74, 6) is 0.550. The Labute approximate surface area is 105 Å². The van der Waals surface area contributed by atoms with E-state index in [1.807, 2.05) is 0 Å². The average Bonchev–Trinajstić information content (AvgIpc) is 2.15. The zero-order valence-corrected chi connectivity index (χ0v) is 10.6. The number of ether oxygens (including phenoxy) is 1. The average molecular weight is 260 g/mol. The van der Waals surface area contributed by atoms with Crippen LogP contribution < -0.4 is 4.74 Å². The fourth-order valence-corrected chi connectivity index (χ4v) is 1.67. The third kappa shape index (κ3) is 3.41. The van der Waals surface area contributed by atoms with Gasteiger partial charge in [0.05, 0.1) is 5.03 Å². The molecule has 1 N–H and O–H groups in total. The second-order valence-electron chi connectivity index (χ2n) is 3.95. The Morgan fingerprint density at radius 2 is 2.12 bits per heavy atom. The molecule has 1 unspecified atom stereocenters. The van der Waals surface area contributed by atoms with E-state index in [4.69, 9.17) is 34.5 Å². The molecule has 0 saturated carbocycles. The van der Waals surface area contributed by atoms with Crippen molar-refractivity contribution in [1.82, 2.24) is 0 Å². The van der Waals surface area contributed by atoms with Crippen LogP contribution >= 0.6 is 23.2 Å². The Balaban J connectivity index is 2.84. The van der Waals surface area contributed by atoms with Crippen molar-refractivity contribution in [2.45, 2.75) is 25.6 Å². The third-order valence-corrected chi connectivity index (χ3v) is 2.54. The Kier molecular flexibility index (Phi) is 4.25. The molecule has 1 atom stereocenters. The third-order valence-electron chi connectivity index (χ3n) is 2.10. The van der Waals surface area contributed by atoms with E-state index < -0.39 is 11.7 Å². The van der Waals surface area contributed by atoms with E-state index in [9.17, 15) is 5.11 Å². The van der Waals surface area contributed by atoms with Crippen LogP contribution in [0.5, 0.6) is 5.75 Å². The zero-order valence-electron chi connectivity index (χ0n) is 9.08. The van der Waals surface area contributed by atoms with Crippen LogP contribution in [0, 0.1) is 6.58 Å². The maximum Gasteiger partial charge on any atom is 0.134 e. The molecule has 0 heterocycles. The van der Waals surface area contributed by atoms with Crippen LogP contribution in [0.4, 0.5) is 0 Å². The van der Waals surface area contributed by atoms with Crippen molar-refractivity contribution in [3.8, 4) is 5.75 Å². The lowest BCUT2D eigenvalue weighted by Gasteiger charge is -2.31. The van der Waals surface area contributed by atoms with Gasteiger partial charge >= 0.3 is 0 Å². The summed E-state index contributed by atoms with van der Waals surface area (Å²) in [4.78, 5) is 0. The summed E-state index contributed by atoms with van der Waals surface area (Å²) in [6.07, 6.45) is -1.06. The Hall–Kier alpha value is -0.700. The molecule has 1 rings (SSSR count). The van der Waals surface area contributed by atoms with Gasteiger partial charge < -0.3 is 9.84 Å². The van der Waals surface area contributed by atoms with Crippen LogP contribution in [-0.4, -0.2) is 16.8 Å². The van der Waals surface area contributed by atoms with Crippen LogP contribution in [0.3, 0.4) is 0 Å². The molecule has 0 fully saturated rings. The fraction of sp³-hybridized carbons (Fsp3) is 0.333. The molecule has 4 heteroatoms. The largest absolute Gasteiger partial charge is 0.485 e. The number of rotatable bonds is 4. The van der Waals surface area contributed by atoms with Crippen LogP contribution in [0.15, 0.2) is 29.3 Å². The molecular weight excluding hydrogens is 247 g/mol. The lowest BCUT2D eigenvalue weighted by molar-refractivity contribution is -0.00409. The molecular formula is C12H13Cl2O2. The first-order chi connectivity index (χ1) is 7.33. The maximum absolute atomic E-state index is 9.73. The highest BCUT2D eigenvalue weighted by Crippen LogP contribution is 2.27. The minimum Gasteiger partial charge on any atom is -0.485 e. The first-order valence-corrected chi connectivity index (χ1v) is 5.49. The minimum absolute atomic E-state index is 0.105. The molecule has 0 aromatic heterocycles. The molecule has 0 bridgehead atoms. The van der Waals surface area contributed by atoms with Crippen molar-refractivity contribution in [3.05, 3.63) is 40.9 Å². The van der Waals surface area contributed by atoms with Crippen molar-refractivity contribution in [1.29, 1.82) is 0 Å². The van der Waals surface area contributed by atoms with Gasteiger partial charge in [0.15, 0.2) is 0 Å². The fourth-order valence-electron chi connectivity index (χ4n) is 1.22. The van der Waals surface area contributed by atoms with Crippen LogP contribution in [0.2, 0.25) is 5.02 Å². The standard InChI is InChI=1S/C12H13Cl2O2/c1-8(13)11(15)12(2,3)16-10-6-4-5-9(14)7-10/h1,4-7,11,15H,2-3H3. The van der Waals surface area contributed by atoms with E-state index in [0.29, 0.717) is 10.8 Å². The molecule has 0 spiro atoms. The number of halogens is 2. The number of aliphatic hydroxyl groups excluding tert-OH is 1. The van der Waals surface area contributed by atoms with E-state index >= 15 is 0 Å². The smallest absolute Gasteiger partial charge is 0.134 e. The Morgan fingerprint density at radius 3 is 2.62 bits per heavy atom. The monoisotopic (exact) mass is 259 g/mol. The molecule has 0 amide bonds. The molecule has 1 radical (unpaired) electrons. The van der Waals surface area contributed by atoms with Gasteiger partial charge in [-0.1, -0.05) is 29.3 Å². The summed E-state index contributed by atoms with van der Waals surface area (Å²) in [6, 6.07) is 6.89. The van der Waals surface area contributed by atoms with Gasteiger partial charge in [0.1, 0.15) is 17.5 Å². The van der Waals surface area contributed by atoms with Gasteiger partial charge in [0.25, 0.3) is 0 Å². The van der Waals surface area contributed by atoms with E-state index in [1.165, 1.54) is 0 Å². The predicted molar refractivity (Wildman–Crippen MR) is 65.8 cm³/mol. The first kappa shape index (κ1) is 13.4. The van der Waals surface area contributed by atoms with Crippen molar-refractivity contribution < 1.29 is 9.84 Å². The molecule has 2 nitrogen and oxygen atoms in total. The highest BCUT2D eigenvalue weighted by Gasteiger charge is 2.31. The lowest BCUT2D eigenvalue weighted by Crippen LogP contribution is -2.42. The normalized spacial score (nSPS) is 13.3. The first-order valence-electron chi connectivity index (χ1n) is 4.73. The topological polar surface area (TPSA) is 29.5 Å². The van der Waals surface area contributed by atoms with Crippen LogP contribution in [0.1, 0.15) is 13.8 Å². The summed E-state index contributed by atoms with van der Waals surface area (Å²) in [6.45, 7) is 8.71. The van der Waals surface area contributed by atoms with Gasteiger partial charge in [-0.15, -0.1) is 0 Å². The number of hydrogen-bond acceptors (Lipinski definition) is 2. The second-order valence-corrected chi connectivity index (χ2v) is 4.82. The minimum atomic E-state index is -1.06. The predicted octanol–water partition coefficient (Wildman–Crippen LogP) is 3.41. The highest BCUT2D eigenvalue weighted by atomic mass is 35.5. The van der Waals surface area contributed by atoms with Crippen LogP contribution in [-0.2, 0) is 0 Å². The molecule has 1 aromatic carbocycles.